The SMILES string of the molecule is O=C(Nc1cccc(O)c1)OCCO. The number of phenols is 1. The summed E-state index contributed by atoms with van der Waals surface area (Å²) in [5.41, 5.74) is 0.438. The summed E-state index contributed by atoms with van der Waals surface area (Å²) >= 11 is 0. The molecule has 5 nitrogen and oxygen atoms in total. The van der Waals surface area contributed by atoms with Crippen molar-refractivity contribution in [1.29, 1.82) is 0 Å². The summed E-state index contributed by atoms with van der Waals surface area (Å²) in [5, 5.41) is 19.8. The van der Waals surface area contributed by atoms with Crippen LogP contribution >= 0.6 is 0 Å². The highest BCUT2D eigenvalue weighted by molar-refractivity contribution is 5.84. The van der Waals surface area contributed by atoms with Gasteiger partial charge in [-0.15, -0.1) is 0 Å². The Morgan fingerprint density at radius 2 is 2.29 bits per heavy atom. The van der Waals surface area contributed by atoms with Crippen LogP contribution in [0.5, 0.6) is 5.75 Å². The van der Waals surface area contributed by atoms with Crippen LogP contribution in [0.25, 0.3) is 0 Å². The molecule has 0 bridgehead atoms. The van der Waals surface area contributed by atoms with Crippen LogP contribution < -0.4 is 5.32 Å². The van der Waals surface area contributed by atoms with Crippen molar-refractivity contribution in [2.45, 2.75) is 0 Å². The molecule has 1 aromatic carbocycles. The Kier molecular flexibility index (Phi) is 3.75. The number of phenolic OH excluding ortho intramolecular Hbond substituents is 1. The van der Waals surface area contributed by atoms with Crippen LogP contribution in [0.15, 0.2) is 24.3 Å². The standard InChI is InChI=1S/C9H11NO4/c11-4-5-14-9(13)10-7-2-1-3-8(12)6-7/h1-3,6,11-12H,4-5H2,(H,10,13). The van der Waals surface area contributed by atoms with Crippen molar-refractivity contribution in [3.8, 4) is 5.75 Å². The normalized spacial score (nSPS) is 9.50. The van der Waals surface area contributed by atoms with E-state index >= 15 is 0 Å². The van der Waals surface area contributed by atoms with Gasteiger partial charge in [0.1, 0.15) is 12.4 Å². The zero-order valence-electron chi connectivity index (χ0n) is 7.43. The lowest BCUT2D eigenvalue weighted by atomic mass is 10.3. The number of carbonyl (C=O) groups is 1. The first-order valence-electron chi connectivity index (χ1n) is 4.06. The molecule has 0 aliphatic heterocycles. The van der Waals surface area contributed by atoms with Crippen LogP contribution in [0, 0.1) is 0 Å². The summed E-state index contributed by atoms with van der Waals surface area (Å²) in [6.07, 6.45) is -0.662. The molecule has 0 atom stereocenters. The number of rotatable bonds is 3. The van der Waals surface area contributed by atoms with Gasteiger partial charge in [-0.05, 0) is 12.1 Å². The van der Waals surface area contributed by atoms with Gasteiger partial charge in [0, 0.05) is 11.8 Å². The van der Waals surface area contributed by atoms with Gasteiger partial charge in [-0.25, -0.2) is 4.79 Å². The fraction of sp³-hybridized carbons (Fsp3) is 0.222. The van der Waals surface area contributed by atoms with E-state index in [4.69, 9.17) is 10.2 Å². The third-order valence-electron chi connectivity index (χ3n) is 1.42. The van der Waals surface area contributed by atoms with Crippen LogP contribution in [0.3, 0.4) is 0 Å². The number of aromatic hydroxyl groups is 1. The van der Waals surface area contributed by atoms with Gasteiger partial charge in [-0.3, -0.25) is 5.32 Å². The third kappa shape index (κ3) is 3.32. The predicted octanol–water partition coefficient (Wildman–Crippen LogP) is 0.933. The van der Waals surface area contributed by atoms with Crippen LogP contribution in [-0.2, 0) is 4.74 Å². The van der Waals surface area contributed by atoms with Gasteiger partial charge in [-0.2, -0.15) is 0 Å². The molecular formula is C9H11NO4. The number of ether oxygens (including phenoxy) is 1. The molecule has 0 fully saturated rings. The second kappa shape index (κ2) is 5.08. The van der Waals surface area contributed by atoms with Gasteiger partial charge in [-0.1, -0.05) is 6.07 Å². The molecule has 0 unspecified atom stereocenters. The fourth-order valence-electron chi connectivity index (χ4n) is 0.876. The molecule has 1 amide bonds. The molecule has 0 radical (unpaired) electrons. The summed E-state index contributed by atoms with van der Waals surface area (Å²) in [5.74, 6) is 0.0601. The van der Waals surface area contributed by atoms with E-state index in [0.29, 0.717) is 5.69 Å². The average molecular weight is 197 g/mol. The van der Waals surface area contributed by atoms with Crippen LogP contribution in [-0.4, -0.2) is 29.5 Å². The van der Waals surface area contributed by atoms with Crippen molar-refractivity contribution < 1.29 is 19.7 Å². The number of hydrogen-bond donors (Lipinski definition) is 3. The van der Waals surface area contributed by atoms with Crippen molar-refractivity contribution in [2.24, 2.45) is 0 Å². The molecule has 0 spiro atoms. The first-order valence-corrected chi connectivity index (χ1v) is 4.06. The van der Waals surface area contributed by atoms with Gasteiger partial charge in [0.05, 0.1) is 6.61 Å². The lowest BCUT2D eigenvalue weighted by molar-refractivity contribution is 0.131. The van der Waals surface area contributed by atoms with Gasteiger partial charge in [0.25, 0.3) is 0 Å². The van der Waals surface area contributed by atoms with E-state index in [1.807, 2.05) is 0 Å². The summed E-state index contributed by atoms with van der Waals surface area (Å²) in [7, 11) is 0. The second-order valence-corrected chi connectivity index (χ2v) is 2.53. The predicted molar refractivity (Wildman–Crippen MR) is 50.2 cm³/mol. The molecular weight excluding hydrogens is 186 g/mol. The minimum Gasteiger partial charge on any atom is -0.508 e. The maximum atomic E-state index is 11.0. The summed E-state index contributed by atoms with van der Waals surface area (Å²) < 4.78 is 4.55. The summed E-state index contributed by atoms with van der Waals surface area (Å²) in [4.78, 5) is 11.0. The van der Waals surface area contributed by atoms with E-state index in [9.17, 15) is 4.79 Å². The van der Waals surface area contributed by atoms with Crippen molar-refractivity contribution in [3.63, 3.8) is 0 Å². The number of aliphatic hydroxyl groups excluding tert-OH is 1. The number of benzene rings is 1. The molecule has 0 aliphatic carbocycles. The molecule has 5 heteroatoms. The Morgan fingerprint density at radius 3 is 2.93 bits per heavy atom. The molecule has 1 rings (SSSR count). The van der Waals surface area contributed by atoms with Crippen LogP contribution in [0.1, 0.15) is 0 Å². The molecule has 76 valence electrons. The maximum absolute atomic E-state index is 11.0. The van der Waals surface area contributed by atoms with E-state index in [0.717, 1.165) is 0 Å². The quantitative estimate of drug-likeness (QED) is 0.673. The van der Waals surface area contributed by atoms with Gasteiger partial charge in [0.2, 0.25) is 0 Å². The largest absolute Gasteiger partial charge is 0.508 e. The van der Waals surface area contributed by atoms with Crippen molar-refractivity contribution in [1.82, 2.24) is 0 Å². The Labute approximate surface area is 80.9 Å². The molecule has 0 aliphatic rings. The number of nitrogens with one attached hydrogen (secondary N) is 1. The van der Waals surface area contributed by atoms with E-state index in [2.05, 4.69) is 10.1 Å². The molecule has 0 saturated heterocycles. The Morgan fingerprint density at radius 1 is 1.50 bits per heavy atom. The second-order valence-electron chi connectivity index (χ2n) is 2.53. The van der Waals surface area contributed by atoms with Gasteiger partial charge < -0.3 is 14.9 Å². The zero-order chi connectivity index (χ0) is 10.4. The van der Waals surface area contributed by atoms with Crippen LogP contribution in [0.4, 0.5) is 10.5 Å². The minimum absolute atomic E-state index is 0.0509. The van der Waals surface area contributed by atoms with Gasteiger partial charge >= 0.3 is 6.09 Å². The highest BCUT2D eigenvalue weighted by atomic mass is 16.6. The first kappa shape index (κ1) is 10.3. The van der Waals surface area contributed by atoms with E-state index in [1.165, 1.54) is 12.1 Å². The number of carbonyl (C=O) groups excluding carboxylic acids is 1. The van der Waals surface area contributed by atoms with Crippen LogP contribution in [0.2, 0.25) is 0 Å². The van der Waals surface area contributed by atoms with Crippen molar-refractivity contribution >= 4 is 11.8 Å². The smallest absolute Gasteiger partial charge is 0.411 e. The summed E-state index contributed by atoms with van der Waals surface area (Å²) in [6.45, 7) is -0.266. The number of aliphatic hydroxyl groups is 1. The molecule has 14 heavy (non-hydrogen) atoms. The highest BCUT2D eigenvalue weighted by Crippen LogP contribution is 2.15. The number of anilines is 1. The average Bonchev–Trinajstić information content (AvgIpc) is 2.15. The lowest BCUT2D eigenvalue weighted by Crippen LogP contribution is -2.15. The van der Waals surface area contributed by atoms with Gasteiger partial charge in [0.15, 0.2) is 0 Å². The third-order valence-corrected chi connectivity index (χ3v) is 1.42. The molecule has 1 aromatic rings. The minimum atomic E-state index is -0.662. The zero-order valence-corrected chi connectivity index (χ0v) is 7.43. The first-order chi connectivity index (χ1) is 6.72. The van der Waals surface area contributed by atoms with Crippen molar-refractivity contribution in [3.05, 3.63) is 24.3 Å². The molecule has 0 heterocycles. The van der Waals surface area contributed by atoms with E-state index in [-0.39, 0.29) is 19.0 Å². The maximum Gasteiger partial charge on any atom is 0.411 e. The van der Waals surface area contributed by atoms with Crippen molar-refractivity contribution in [2.75, 3.05) is 18.5 Å². The Balaban J connectivity index is 2.47. The monoisotopic (exact) mass is 197 g/mol. The number of hydrogen-bond acceptors (Lipinski definition) is 4. The highest BCUT2D eigenvalue weighted by Gasteiger charge is 2.02. The molecule has 0 aromatic heterocycles. The lowest BCUT2D eigenvalue weighted by Gasteiger charge is -2.05. The molecule has 0 saturated carbocycles. The summed E-state index contributed by atoms with van der Waals surface area (Å²) in [6, 6.07) is 6.08. The Bertz CT molecular complexity index is 313. The topological polar surface area (TPSA) is 78.8 Å². The Hall–Kier alpha value is -1.75. The van der Waals surface area contributed by atoms with E-state index in [1.54, 1.807) is 12.1 Å². The molecule has 3 N–H and O–H groups in total. The van der Waals surface area contributed by atoms with E-state index < -0.39 is 6.09 Å². The fourth-order valence-corrected chi connectivity index (χ4v) is 0.876. The number of amides is 1.